The molecule has 3 heterocycles. The van der Waals surface area contributed by atoms with Crippen molar-refractivity contribution in [2.75, 3.05) is 25.5 Å². The first kappa shape index (κ1) is 30.8. The zero-order valence-electron chi connectivity index (χ0n) is 25.5. The van der Waals surface area contributed by atoms with Gasteiger partial charge in [0, 0.05) is 50.4 Å². The van der Waals surface area contributed by atoms with Gasteiger partial charge in [-0.05, 0) is 61.8 Å². The lowest BCUT2D eigenvalue weighted by Crippen LogP contribution is -2.45. The summed E-state index contributed by atoms with van der Waals surface area (Å²) in [5.41, 5.74) is 3.56. The Kier molecular flexibility index (Phi) is 9.85. The standard InChI is InChI=1S/C33H43FN6O3/c1-5-26(41)16-22-9-11-25(12-10-22)29(42)17-23-7-6-8-24(15-23)18-35-32-38-33(43-30-13-14-39(4)20-28(30)34)37-31-27(21(2)3)19-36-40(31)32/h5-8,15,19,21-22,25,28,30H,1,9-14,16-18,20H2,2-4H3,(H,35,37,38). The van der Waals surface area contributed by atoms with E-state index in [4.69, 9.17) is 4.74 Å². The second kappa shape index (κ2) is 13.8. The van der Waals surface area contributed by atoms with Crippen LogP contribution in [0.25, 0.3) is 5.65 Å². The van der Waals surface area contributed by atoms with Gasteiger partial charge in [0.25, 0.3) is 0 Å². The Hall–Kier alpha value is -3.66. The first-order chi connectivity index (χ1) is 20.7. The van der Waals surface area contributed by atoms with Gasteiger partial charge < -0.3 is 15.0 Å². The maximum absolute atomic E-state index is 14.7. The molecule has 3 aromatic rings. The number of fused-ring (bicyclic) bond motifs is 1. The minimum absolute atomic E-state index is 0.0491. The summed E-state index contributed by atoms with van der Waals surface area (Å²) in [6.07, 6.45) is 6.46. The molecule has 2 unspecified atom stereocenters. The number of carbonyl (C=O) groups is 2. The Morgan fingerprint density at radius 1 is 1.16 bits per heavy atom. The van der Waals surface area contributed by atoms with Gasteiger partial charge in [0.1, 0.15) is 18.1 Å². The van der Waals surface area contributed by atoms with Gasteiger partial charge in [0.15, 0.2) is 11.4 Å². The van der Waals surface area contributed by atoms with E-state index in [9.17, 15) is 14.0 Å². The molecule has 0 amide bonds. The van der Waals surface area contributed by atoms with Crippen LogP contribution >= 0.6 is 0 Å². The molecule has 2 aromatic heterocycles. The van der Waals surface area contributed by atoms with E-state index in [1.54, 1.807) is 10.7 Å². The second-order valence-corrected chi connectivity index (χ2v) is 12.5. The van der Waals surface area contributed by atoms with Gasteiger partial charge in [-0.25, -0.2) is 4.39 Å². The zero-order valence-corrected chi connectivity index (χ0v) is 25.5. The maximum atomic E-state index is 14.7. The normalized spacial score (nSPS) is 22.9. The van der Waals surface area contributed by atoms with Crippen LogP contribution < -0.4 is 10.1 Å². The minimum atomic E-state index is -1.12. The summed E-state index contributed by atoms with van der Waals surface area (Å²) in [5.74, 6) is 1.40. The lowest BCUT2D eigenvalue weighted by molar-refractivity contribution is -0.123. The Morgan fingerprint density at radius 2 is 1.93 bits per heavy atom. The number of hydrogen-bond donors (Lipinski definition) is 1. The number of ketones is 2. The quantitative estimate of drug-likeness (QED) is 0.282. The molecule has 43 heavy (non-hydrogen) atoms. The molecular weight excluding hydrogens is 547 g/mol. The summed E-state index contributed by atoms with van der Waals surface area (Å²) in [5, 5.41) is 7.89. The number of carbonyl (C=O) groups excluding carboxylic acids is 2. The Labute approximate surface area is 252 Å². The fourth-order valence-electron chi connectivity index (χ4n) is 6.19. The van der Waals surface area contributed by atoms with E-state index in [1.165, 1.54) is 6.08 Å². The molecule has 10 heteroatoms. The van der Waals surface area contributed by atoms with Gasteiger partial charge in [-0.3, -0.25) is 9.59 Å². The fraction of sp³-hybridized carbons (Fsp3) is 0.545. The Balaban J connectivity index is 1.25. The van der Waals surface area contributed by atoms with Crippen molar-refractivity contribution in [2.45, 2.75) is 83.5 Å². The van der Waals surface area contributed by atoms with Crippen LogP contribution in [0.15, 0.2) is 43.1 Å². The van der Waals surface area contributed by atoms with Gasteiger partial charge in [-0.1, -0.05) is 44.7 Å². The molecule has 1 N–H and O–H groups in total. The number of halogens is 1. The number of Topliss-reactive ketones (excluding diaryl/α,β-unsaturated/α-hetero) is 1. The average molecular weight is 591 g/mol. The van der Waals surface area contributed by atoms with Crippen LogP contribution in [0.5, 0.6) is 6.01 Å². The van der Waals surface area contributed by atoms with Gasteiger partial charge in [-0.2, -0.15) is 19.6 Å². The highest BCUT2D eigenvalue weighted by Gasteiger charge is 2.31. The average Bonchev–Trinajstić information content (AvgIpc) is 3.42. The molecule has 2 aliphatic rings. The number of allylic oxidation sites excluding steroid dienone is 1. The van der Waals surface area contributed by atoms with Crippen molar-refractivity contribution in [3.8, 4) is 6.01 Å². The molecular formula is C33H43FN6O3. The highest BCUT2D eigenvalue weighted by molar-refractivity contribution is 5.89. The number of rotatable bonds is 12. The van der Waals surface area contributed by atoms with Crippen molar-refractivity contribution in [3.05, 3.63) is 59.8 Å². The summed E-state index contributed by atoms with van der Waals surface area (Å²) >= 11 is 0. The van der Waals surface area contributed by atoms with Gasteiger partial charge in [0.2, 0.25) is 5.95 Å². The van der Waals surface area contributed by atoms with E-state index in [1.807, 2.05) is 36.2 Å². The van der Waals surface area contributed by atoms with E-state index < -0.39 is 12.3 Å². The van der Waals surface area contributed by atoms with Gasteiger partial charge in [0.05, 0.1) is 6.20 Å². The number of nitrogens with zero attached hydrogens (tertiary/aromatic N) is 5. The summed E-state index contributed by atoms with van der Waals surface area (Å²) < 4.78 is 22.4. The predicted molar refractivity (Wildman–Crippen MR) is 164 cm³/mol. The molecule has 2 atom stereocenters. The number of piperidine rings is 1. The SMILES string of the molecule is C=CC(=O)CC1CCC(C(=O)Cc2cccc(CNc3nc(OC4CCN(C)CC4F)nc4c(C(C)C)cnn34)c2)CC1. The van der Waals surface area contributed by atoms with Crippen LogP contribution in [0, 0.1) is 11.8 Å². The van der Waals surface area contributed by atoms with Gasteiger partial charge >= 0.3 is 6.01 Å². The van der Waals surface area contributed by atoms with Crippen LogP contribution in [0.4, 0.5) is 10.3 Å². The van der Waals surface area contributed by atoms with Crippen LogP contribution in [-0.2, 0) is 22.6 Å². The molecule has 0 radical (unpaired) electrons. The molecule has 0 bridgehead atoms. The molecule has 1 aromatic carbocycles. The van der Waals surface area contributed by atoms with Crippen molar-refractivity contribution in [2.24, 2.45) is 11.8 Å². The largest absolute Gasteiger partial charge is 0.457 e. The van der Waals surface area contributed by atoms with Gasteiger partial charge in [-0.15, -0.1) is 0 Å². The summed E-state index contributed by atoms with van der Waals surface area (Å²) in [6, 6.07) is 8.14. The van der Waals surface area contributed by atoms with E-state index in [-0.39, 0.29) is 29.4 Å². The summed E-state index contributed by atoms with van der Waals surface area (Å²) in [6.45, 7) is 9.23. The molecule has 1 saturated carbocycles. The monoisotopic (exact) mass is 590 g/mol. The highest BCUT2D eigenvalue weighted by atomic mass is 19.1. The second-order valence-electron chi connectivity index (χ2n) is 12.5. The van der Waals surface area contributed by atoms with Crippen LogP contribution in [0.1, 0.15) is 75.0 Å². The summed E-state index contributed by atoms with van der Waals surface area (Å²) in [4.78, 5) is 36.0. The zero-order chi connectivity index (χ0) is 30.5. The maximum Gasteiger partial charge on any atom is 0.322 e. The van der Waals surface area contributed by atoms with E-state index in [0.29, 0.717) is 49.9 Å². The molecule has 5 rings (SSSR count). The van der Waals surface area contributed by atoms with Crippen molar-refractivity contribution >= 4 is 23.2 Å². The van der Waals surface area contributed by atoms with Crippen LogP contribution in [0.2, 0.25) is 0 Å². The molecule has 1 aliphatic heterocycles. The third-order valence-electron chi connectivity index (χ3n) is 8.78. The van der Waals surface area contributed by atoms with Crippen LogP contribution in [0.3, 0.4) is 0 Å². The van der Waals surface area contributed by atoms with E-state index in [2.05, 4.69) is 40.8 Å². The van der Waals surface area contributed by atoms with E-state index >= 15 is 0 Å². The third-order valence-corrected chi connectivity index (χ3v) is 8.78. The number of nitrogens with one attached hydrogen (secondary N) is 1. The van der Waals surface area contributed by atoms with Crippen molar-refractivity contribution < 1.29 is 18.7 Å². The van der Waals surface area contributed by atoms with Crippen LogP contribution in [-0.4, -0.2) is 68.5 Å². The summed E-state index contributed by atoms with van der Waals surface area (Å²) in [7, 11) is 1.90. The number of ether oxygens (including phenoxy) is 1. The minimum Gasteiger partial charge on any atom is -0.457 e. The number of hydrogen-bond acceptors (Lipinski definition) is 8. The molecule has 1 saturated heterocycles. The van der Waals surface area contributed by atoms with Crippen molar-refractivity contribution in [1.29, 1.82) is 0 Å². The first-order valence-electron chi connectivity index (χ1n) is 15.4. The smallest absolute Gasteiger partial charge is 0.322 e. The number of alkyl halides is 1. The Morgan fingerprint density at radius 3 is 2.65 bits per heavy atom. The first-order valence-corrected chi connectivity index (χ1v) is 15.4. The van der Waals surface area contributed by atoms with Crippen molar-refractivity contribution in [1.82, 2.24) is 24.5 Å². The molecule has 9 nitrogen and oxygen atoms in total. The predicted octanol–water partition coefficient (Wildman–Crippen LogP) is 5.34. The fourth-order valence-corrected chi connectivity index (χ4v) is 6.19. The van der Waals surface area contributed by atoms with Crippen molar-refractivity contribution in [3.63, 3.8) is 0 Å². The molecule has 0 spiro atoms. The molecule has 230 valence electrons. The lowest BCUT2D eigenvalue weighted by Gasteiger charge is -2.31. The topological polar surface area (TPSA) is 102 Å². The number of likely N-dealkylation sites (tertiary alicyclic amines) is 1. The lowest BCUT2D eigenvalue weighted by atomic mass is 9.77. The highest BCUT2D eigenvalue weighted by Crippen LogP contribution is 2.32. The third kappa shape index (κ3) is 7.65. The number of aromatic nitrogens is 4. The molecule has 2 fully saturated rings. The number of anilines is 1. The molecule has 1 aliphatic carbocycles. The van der Waals surface area contributed by atoms with E-state index in [0.717, 1.165) is 48.9 Å². The number of benzene rings is 1. The Bertz CT molecular complexity index is 1450.